The average Bonchev–Trinajstić information content (AvgIpc) is 3.04. The summed E-state index contributed by atoms with van der Waals surface area (Å²) in [6.45, 7) is 1.80. The van der Waals surface area contributed by atoms with Crippen molar-refractivity contribution in [1.29, 1.82) is 0 Å². The second kappa shape index (κ2) is 6.78. The number of nitrogens with zero attached hydrogens (tertiary/aromatic N) is 3. The van der Waals surface area contributed by atoms with Crippen LogP contribution in [0.1, 0.15) is 11.1 Å². The first-order valence-electron chi connectivity index (χ1n) is 8.16. The minimum atomic E-state index is 0.714. The van der Waals surface area contributed by atoms with E-state index in [0.29, 0.717) is 5.19 Å². The number of fused-ring (bicyclic) bond motifs is 2. The second-order valence-electron chi connectivity index (χ2n) is 6.22. The summed E-state index contributed by atoms with van der Waals surface area (Å²) >= 11 is 1.59. The predicted molar refractivity (Wildman–Crippen MR) is 103 cm³/mol. The van der Waals surface area contributed by atoms with Gasteiger partial charge in [0.25, 0.3) is 5.19 Å². The van der Waals surface area contributed by atoms with Crippen molar-refractivity contribution in [3.05, 3.63) is 66.0 Å². The van der Waals surface area contributed by atoms with Crippen molar-refractivity contribution in [3.8, 4) is 5.19 Å². The van der Waals surface area contributed by atoms with Crippen LogP contribution in [-0.4, -0.2) is 29.0 Å². The lowest BCUT2D eigenvalue weighted by Crippen LogP contribution is -2.17. The highest BCUT2D eigenvalue weighted by molar-refractivity contribution is 7.20. The standard InChI is InChI=1S/C20H19N3OS/c1-23(12-14-3-5-17-11-21-8-7-16(17)9-14)13-15-4-6-18-19(10-15)25-20(22-18)24-2/h3-11H,12-13H2,1-2H3. The molecule has 126 valence electrons. The quantitative estimate of drug-likeness (QED) is 0.532. The van der Waals surface area contributed by atoms with Gasteiger partial charge in [-0.3, -0.25) is 9.88 Å². The Morgan fingerprint density at radius 1 is 1.00 bits per heavy atom. The molecule has 0 unspecified atom stereocenters. The molecule has 0 atom stereocenters. The maximum absolute atomic E-state index is 5.23. The summed E-state index contributed by atoms with van der Waals surface area (Å²) in [4.78, 5) is 10.9. The van der Waals surface area contributed by atoms with Crippen LogP contribution in [0.2, 0.25) is 0 Å². The van der Waals surface area contributed by atoms with Crippen LogP contribution < -0.4 is 4.74 Å². The van der Waals surface area contributed by atoms with Crippen LogP contribution in [0.3, 0.4) is 0 Å². The van der Waals surface area contributed by atoms with Crippen molar-refractivity contribution in [2.24, 2.45) is 0 Å². The van der Waals surface area contributed by atoms with Crippen molar-refractivity contribution >= 4 is 32.3 Å². The molecule has 0 N–H and O–H groups in total. The summed E-state index contributed by atoms with van der Waals surface area (Å²) in [6, 6.07) is 15.0. The largest absolute Gasteiger partial charge is 0.473 e. The van der Waals surface area contributed by atoms with Gasteiger partial charge in [0.15, 0.2) is 0 Å². The Bertz CT molecular complexity index is 1030. The lowest BCUT2D eigenvalue weighted by Gasteiger charge is -2.17. The highest BCUT2D eigenvalue weighted by Crippen LogP contribution is 2.28. The van der Waals surface area contributed by atoms with E-state index in [4.69, 9.17) is 4.74 Å². The molecule has 2 heterocycles. The maximum atomic E-state index is 5.23. The molecule has 0 saturated heterocycles. The zero-order valence-corrected chi connectivity index (χ0v) is 15.1. The van der Waals surface area contributed by atoms with E-state index in [1.54, 1.807) is 18.4 Å². The Kier molecular flexibility index (Phi) is 4.34. The monoisotopic (exact) mass is 349 g/mol. The molecule has 4 rings (SSSR count). The molecule has 0 aliphatic carbocycles. The highest BCUT2D eigenvalue weighted by atomic mass is 32.1. The lowest BCUT2D eigenvalue weighted by molar-refractivity contribution is 0.319. The van der Waals surface area contributed by atoms with E-state index in [2.05, 4.69) is 64.4 Å². The second-order valence-corrected chi connectivity index (χ2v) is 7.21. The maximum Gasteiger partial charge on any atom is 0.274 e. The summed E-state index contributed by atoms with van der Waals surface area (Å²) < 4.78 is 6.39. The van der Waals surface area contributed by atoms with Gasteiger partial charge in [0, 0.05) is 30.9 Å². The topological polar surface area (TPSA) is 38.2 Å². The zero-order valence-electron chi connectivity index (χ0n) is 14.3. The molecule has 0 aliphatic heterocycles. The molecule has 0 aliphatic rings. The lowest BCUT2D eigenvalue weighted by atomic mass is 10.1. The Labute approximate surface area is 150 Å². The van der Waals surface area contributed by atoms with E-state index < -0.39 is 0 Å². The number of hydrogen-bond acceptors (Lipinski definition) is 5. The normalized spacial score (nSPS) is 11.5. The van der Waals surface area contributed by atoms with E-state index in [1.165, 1.54) is 26.6 Å². The van der Waals surface area contributed by atoms with Crippen LogP contribution >= 0.6 is 11.3 Å². The SMILES string of the molecule is COc1nc2ccc(CN(C)Cc3ccc4cnccc4c3)cc2s1. The third-order valence-electron chi connectivity index (χ3n) is 4.22. The van der Waals surface area contributed by atoms with Gasteiger partial charge in [-0.05, 0) is 47.8 Å². The van der Waals surface area contributed by atoms with Gasteiger partial charge >= 0.3 is 0 Å². The number of benzene rings is 2. The minimum absolute atomic E-state index is 0.714. The molecule has 0 bridgehead atoms. The summed E-state index contributed by atoms with van der Waals surface area (Å²) in [5, 5.41) is 3.13. The molecule has 2 aromatic heterocycles. The number of thiazole rings is 1. The number of hydrogen-bond donors (Lipinski definition) is 0. The molecule has 25 heavy (non-hydrogen) atoms. The van der Waals surface area contributed by atoms with E-state index in [1.807, 2.05) is 12.4 Å². The Hall–Kier alpha value is -2.50. The molecule has 4 aromatic rings. The molecule has 0 radical (unpaired) electrons. The summed E-state index contributed by atoms with van der Waals surface area (Å²) in [7, 11) is 3.81. The Balaban J connectivity index is 1.49. The average molecular weight is 349 g/mol. The fraction of sp³-hybridized carbons (Fsp3) is 0.200. The van der Waals surface area contributed by atoms with Gasteiger partial charge < -0.3 is 4.74 Å². The number of methoxy groups -OCH3 is 1. The van der Waals surface area contributed by atoms with Gasteiger partial charge in [-0.2, -0.15) is 0 Å². The van der Waals surface area contributed by atoms with E-state index >= 15 is 0 Å². The number of aromatic nitrogens is 2. The Morgan fingerprint density at radius 3 is 2.64 bits per heavy atom. The highest BCUT2D eigenvalue weighted by Gasteiger charge is 2.07. The van der Waals surface area contributed by atoms with Gasteiger partial charge in [0.1, 0.15) is 0 Å². The third kappa shape index (κ3) is 3.48. The van der Waals surface area contributed by atoms with Gasteiger partial charge in [-0.25, -0.2) is 4.98 Å². The van der Waals surface area contributed by atoms with Crippen molar-refractivity contribution in [2.75, 3.05) is 14.2 Å². The fourth-order valence-corrected chi connectivity index (χ4v) is 3.89. The van der Waals surface area contributed by atoms with Gasteiger partial charge in [-0.1, -0.05) is 29.5 Å². The van der Waals surface area contributed by atoms with E-state index in [-0.39, 0.29) is 0 Å². The van der Waals surface area contributed by atoms with Gasteiger partial charge in [0.2, 0.25) is 0 Å². The van der Waals surface area contributed by atoms with Gasteiger partial charge in [-0.15, -0.1) is 0 Å². The first-order valence-corrected chi connectivity index (χ1v) is 8.97. The molecule has 0 saturated carbocycles. The van der Waals surface area contributed by atoms with E-state index in [9.17, 15) is 0 Å². The molecule has 0 amide bonds. The zero-order chi connectivity index (χ0) is 17.2. The molecule has 4 nitrogen and oxygen atoms in total. The van der Waals surface area contributed by atoms with Crippen LogP contribution in [0.25, 0.3) is 21.0 Å². The molecule has 0 spiro atoms. The fourth-order valence-electron chi connectivity index (χ4n) is 3.04. The number of ether oxygens (including phenoxy) is 1. The van der Waals surface area contributed by atoms with Crippen molar-refractivity contribution in [1.82, 2.24) is 14.9 Å². The van der Waals surface area contributed by atoms with Crippen molar-refractivity contribution in [2.45, 2.75) is 13.1 Å². The Morgan fingerprint density at radius 2 is 1.80 bits per heavy atom. The molecule has 5 heteroatoms. The predicted octanol–water partition coefficient (Wildman–Crippen LogP) is 4.49. The van der Waals surface area contributed by atoms with Crippen molar-refractivity contribution < 1.29 is 4.74 Å². The van der Waals surface area contributed by atoms with Crippen LogP contribution in [0.5, 0.6) is 5.19 Å². The molecular weight excluding hydrogens is 330 g/mol. The van der Waals surface area contributed by atoms with Crippen LogP contribution in [0, 0.1) is 0 Å². The van der Waals surface area contributed by atoms with Crippen LogP contribution in [0.15, 0.2) is 54.9 Å². The smallest absolute Gasteiger partial charge is 0.274 e. The first-order chi connectivity index (χ1) is 12.2. The summed E-state index contributed by atoms with van der Waals surface area (Å²) in [5.41, 5.74) is 3.59. The molecule has 0 fully saturated rings. The molecular formula is C20H19N3OS. The van der Waals surface area contributed by atoms with Crippen LogP contribution in [-0.2, 0) is 13.1 Å². The van der Waals surface area contributed by atoms with Crippen LogP contribution in [0.4, 0.5) is 0 Å². The number of rotatable bonds is 5. The first kappa shape index (κ1) is 16.0. The minimum Gasteiger partial charge on any atom is -0.473 e. The summed E-state index contributed by atoms with van der Waals surface area (Å²) in [5.74, 6) is 0. The third-order valence-corrected chi connectivity index (χ3v) is 5.20. The van der Waals surface area contributed by atoms with Crippen molar-refractivity contribution in [3.63, 3.8) is 0 Å². The summed E-state index contributed by atoms with van der Waals surface area (Å²) in [6.07, 6.45) is 3.75. The molecule has 2 aromatic carbocycles. The number of pyridine rings is 1. The van der Waals surface area contributed by atoms with Gasteiger partial charge in [0.05, 0.1) is 17.3 Å². The van der Waals surface area contributed by atoms with E-state index in [0.717, 1.165) is 18.6 Å².